The second kappa shape index (κ2) is 20.8. The Labute approximate surface area is 360 Å². The first-order valence-electron chi connectivity index (χ1n) is 17.9. The molecule has 0 heterocycles. The fourth-order valence-corrected chi connectivity index (χ4v) is 6.76. The highest BCUT2D eigenvalue weighted by atomic mass is 127. The maximum Gasteiger partial charge on any atom is 0.488 e. The fourth-order valence-electron chi connectivity index (χ4n) is 5.87. The predicted molar refractivity (Wildman–Crippen MR) is 252 cm³/mol. The van der Waals surface area contributed by atoms with Crippen molar-refractivity contribution in [1.29, 1.82) is 0 Å². The van der Waals surface area contributed by atoms with Gasteiger partial charge in [-0.25, -0.2) is 0 Å². The molecule has 56 heavy (non-hydrogen) atoms. The molecule has 0 aliphatic heterocycles. The zero-order valence-corrected chi connectivity index (χ0v) is 35.6. The Morgan fingerprint density at radius 2 is 0.607 bits per heavy atom. The lowest BCUT2D eigenvalue weighted by molar-refractivity contribution is 0.426. The van der Waals surface area contributed by atoms with Gasteiger partial charge in [0.05, 0.1) is 0 Å². The van der Waals surface area contributed by atoms with Crippen molar-refractivity contribution < 1.29 is 10.0 Å². The molecule has 0 fully saturated rings. The normalized spacial score (nSPS) is 10.2. The molecule has 0 aromatic heterocycles. The van der Waals surface area contributed by atoms with Crippen LogP contribution in [-0.2, 0) is 0 Å². The first-order valence-corrected chi connectivity index (χ1v) is 20.6. The van der Waals surface area contributed by atoms with Crippen molar-refractivity contribution in [3.8, 4) is 11.1 Å². The summed E-state index contributed by atoms with van der Waals surface area (Å²) in [5, 5.41) is 18.5. The first-order chi connectivity index (χ1) is 27.4. The third-order valence-corrected chi connectivity index (χ3v) is 10.4. The maximum absolute atomic E-state index is 9.23. The zero-order chi connectivity index (χ0) is 39.1. The van der Waals surface area contributed by atoms with Crippen molar-refractivity contribution in [1.82, 2.24) is 0 Å². The van der Waals surface area contributed by atoms with E-state index in [-0.39, 0.29) is 0 Å². The van der Waals surface area contributed by atoms with Crippen molar-refractivity contribution in [2.45, 2.75) is 0 Å². The Hall–Kier alpha value is -4.97. The van der Waals surface area contributed by atoms with Gasteiger partial charge >= 0.3 is 7.12 Å². The van der Waals surface area contributed by atoms with Crippen molar-refractivity contribution in [2.24, 2.45) is 0 Å². The van der Waals surface area contributed by atoms with E-state index < -0.39 is 7.12 Å². The third kappa shape index (κ3) is 11.5. The summed E-state index contributed by atoms with van der Waals surface area (Å²) in [5.74, 6) is 0. The number of para-hydroxylation sites is 4. The SMILES string of the molecule is Brc1ccc(-c2ccc(N(c3ccccc3)c3ccccc3)cc2)cc1.Brc1ccc(I)cc1.OB(O)c1ccc(N(c2ccccc2)c2ccccc2)cc1. The van der Waals surface area contributed by atoms with Crippen LogP contribution >= 0.6 is 54.5 Å². The average molecular weight is 972 g/mol. The van der Waals surface area contributed by atoms with Crippen LogP contribution < -0.4 is 15.3 Å². The molecule has 0 spiro atoms. The van der Waals surface area contributed by atoms with Crippen LogP contribution in [0.4, 0.5) is 34.1 Å². The lowest BCUT2D eigenvalue weighted by Crippen LogP contribution is -2.29. The van der Waals surface area contributed by atoms with Crippen molar-refractivity contribution >= 4 is 101 Å². The molecule has 8 aromatic rings. The van der Waals surface area contributed by atoms with E-state index in [4.69, 9.17) is 0 Å². The standard InChI is InChI=1S/C24H18BrN.C18H16BNO2.C6H4BrI/c25-21-15-11-19(12-16-21)20-13-17-24(18-14-20)26(22-7-3-1-4-8-22)23-9-5-2-6-10-23;21-19(22)15-11-13-18(14-12-15)20(16-7-3-1-4-8-16)17-9-5-2-6-10-17;7-5-1-3-6(8)4-2-5/h1-18H;1-14,21-22H;1-4H. The highest BCUT2D eigenvalue weighted by Gasteiger charge is 2.15. The summed E-state index contributed by atoms with van der Waals surface area (Å²) < 4.78 is 3.50. The number of halogens is 3. The van der Waals surface area contributed by atoms with Crippen LogP contribution in [0.25, 0.3) is 11.1 Å². The van der Waals surface area contributed by atoms with Crippen LogP contribution in [0.3, 0.4) is 0 Å². The Bertz CT molecular complexity index is 2240. The Morgan fingerprint density at radius 3 is 0.911 bits per heavy atom. The van der Waals surface area contributed by atoms with Gasteiger partial charge in [-0.1, -0.05) is 141 Å². The van der Waals surface area contributed by atoms with Gasteiger partial charge in [-0.15, -0.1) is 0 Å². The van der Waals surface area contributed by atoms with E-state index in [1.54, 1.807) is 12.1 Å². The van der Waals surface area contributed by atoms with Crippen molar-refractivity contribution in [3.05, 3.63) is 231 Å². The summed E-state index contributed by atoms with van der Waals surface area (Å²) in [5.41, 5.74) is 9.39. The van der Waals surface area contributed by atoms with Crippen molar-refractivity contribution in [3.63, 3.8) is 0 Å². The number of nitrogens with zero attached hydrogens (tertiary/aromatic N) is 2. The Morgan fingerprint density at radius 1 is 0.339 bits per heavy atom. The monoisotopic (exact) mass is 970 g/mol. The highest BCUT2D eigenvalue weighted by Crippen LogP contribution is 2.36. The summed E-state index contributed by atoms with van der Waals surface area (Å²) in [6.45, 7) is 0. The number of hydrogen-bond donors (Lipinski definition) is 2. The van der Waals surface area contributed by atoms with Crippen LogP contribution in [0.1, 0.15) is 0 Å². The molecule has 0 radical (unpaired) electrons. The number of benzene rings is 8. The molecule has 0 amide bonds. The van der Waals surface area contributed by atoms with Gasteiger partial charge in [0.1, 0.15) is 0 Å². The molecule has 8 rings (SSSR count). The molecule has 0 atom stereocenters. The minimum Gasteiger partial charge on any atom is -0.423 e. The first kappa shape index (κ1) is 40.7. The third-order valence-electron chi connectivity index (χ3n) is 8.61. The van der Waals surface area contributed by atoms with Crippen LogP contribution in [0.5, 0.6) is 0 Å². The smallest absolute Gasteiger partial charge is 0.423 e. The van der Waals surface area contributed by atoms with E-state index in [0.29, 0.717) is 5.46 Å². The van der Waals surface area contributed by atoms with E-state index >= 15 is 0 Å². The predicted octanol–water partition coefficient (Wildman–Crippen LogP) is 13.5. The minimum atomic E-state index is -1.45. The molecule has 4 nitrogen and oxygen atoms in total. The molecule has 0 saturated carbocycles. The van der Waals surface area contributed by atoms with Gasteiger partial charge in [0.2, 0.25) is 0 Å². The number of hydrogen-bond acceptors (Lipinski definition) is 4. The van der Waals surface area contributed by atoms with Gasteiger partial charge in [-0.2, -0.15) is 0 Å². The summed E-state index contributed by atoms with van der Waals surface area (Å²) in [6.07, 6.45) is 0. The second-order valence-electron chi connectivity index (χ2n) is 12.5. The quantitative estimate of drug-likeness (QED) is 0.118. The molecule has 2 N–H and O–H groups in total. The van der Waals surface area contributed by atoms with E-state index in [9.17, 15) is 10.0 Å². The molecule has 0 aliphatic carbocycles. The summed E-state index contributed by atoms with van der Waals surface area (Å²) in [4.78, 5) is 4.39. The molecule has 0 bridgehead atoms. The average Bonchev–Trinajstić information content (AvgIpc) is 3.25. The molecule has 0 aliphatic rings. The fraction of sp³-hybridized carbons (Fsp3) is 0. The van der Waals surface area contributed by atoms with Gasteiger partial charge in [0.15, 0.2) is 0 Å². The van der Waals surface area contributed by atoms with E-state index in [2.05, 4.69) is 173 Å². The summed E-state index contributed by atoms with van der Waals surface area (Å²) >= 11 is 9.11. The van der Waals surface area contributed by atoms with Crippen LogP contribution in [0.15, 0.2) is 227 Å². The lowest BCUT2D eigenvalue weighted by atomic mass is 9.80. The summed E-state index contributed by atoms with van der Waals surface area (Å²) in [7, 11) is -1.45. The van der Waals surface area contributed by atoms with Gasteiger partial charge in [-0.3, -0.25) is 0 Å². The van der Waals surface area contributed by atoms with Gasteiger partial charge < -0.3 is 19.8 Å². The van der Waals surface area contributed by atoms with Crippen LogP contribution in [-0.4, -0.2) is 17.2 Å². The highest BCUT2D eigenvalue weighted by molar-refractivity contribution is 14.1. The molecule has 0 unspecified atom stereocenters. The number of rotatable bonds is 8. The Balaban J connectivity index is 0.000000160. The summed E-state index contributed by atoms with van der Waals surface area (Å²) in [6, 6.07) is 73.5. The molecular weight excluding hydrogens is 934 g/mol. The molecular formula is C48H38BBr2IN2O2. The topological polar surface area (TPSA) is 46.9 Å². The molecule has 8 aromatic carbocycles. The Kier molecular flexibility index (Phi) is 15.1. The largest absolute Gasteiger partial charge is 0.488 e. The molecule has 8 heteroatoms. The molecule has 276 valence electrons. The second-order valence-corrected chi connectivity index (χ2v) is 15.5. The van der Waals surface area contributed by atoms with Gasteiger partial charge in [0.25, 0.3) is 0 Å². The van der Waals surface area contributed by atoms with Gasteiger partial charge in [-0.05, 0) is 148 Å². The lowest BCUT2D eigenvalue weighted by Gasteiger charge is -2.25. The maximum atomic E-state index is 9.23. The van der Waals surface area contributed by atoms with Crippen molar-refractivity contribution in [2.75, 3.05) is 9.80 Å². The number of anilines is 6. The zero-order valence-electron chi connectivity index (χ0n) is 30.3. The van der Waals surface area contributed by atoms with E-state index in [0.717, 1.165) is 43.1 Å². The van der Waals surface area contributed by atoms with Crippen LogP contribution in [0.2, 0.25) is 0 Å². The van der Waals surface area contributed by atoms with Crippen LogP contribution in [0, 0.1) is 3.57 Å². The molecule has 0 saturated heterocycles. The van der Waals surface area contributed by atoms with E-state index in [1.165, 1.54) is 14.7 Å². The van der Waals surface area contributed by atoms with E-state index in [1.807, 2.05) is 97.1 Å². The van der Waals surface area contributed by atoms with Gasteiger partial charge in [0, 0.05) is 46.6 Å². The minimum absolute atomic E-state index is 0.477.